The Morgan fingerprint density at radius 1 is 1.08 bits per heavy atom. The summed E-state index contributed by atoms with van der Waals surface area (Å²) in [5, 5.41) is 0. The summed E-state index contributed by atoms with van der Waals surface area (Å²) in [6, 6.07) is 0. The zero-order chi connectivity index (χ0) is 19.4. The van der Waals surface area contributed by atoms with E-state index in [2.05, 4.69) is 33.8 Å². The van der Waals surface area contributed by atoms with Gasteiger partial charge in [0.05, 0.1) is 11.2 Å². The van der Waals surface area contributed by atoms with E-state index in [0.29, 0.717) is 0 Å². The predicted molar refractivity (Wildman–Crippen MR) is 103 cm³/mol. The van der Waals surface area contributed by atoms with Crippen molar-refractivity contribution in [2.75, 3.05) is 13.1 Å². The van der Waals surface area contributed by atoms with E-state index in [1.54, 1.807) is 0 Å². The Morgan fingerprint density at radius 2 is 1.62 bits per heavy atom. The highest BCUT2D eigenvalue weighted by Crippen LogP contribution is 2.48. The molecule has 2 heterocycles. The molecule has 0 atom stereocenters. The van der Waals surface area contributed by atoms with Crippen LogP contribution >= 0.6 is 0 Å². The average molecular weight is 363 g/mol. The molecule has 0 unspecified atom stereocenters. The normalized spacial score (nSPS) is 27.0. The summed E-state index contributed by atoms with van der Waals surface area (Å²) >= 11 is 0. The molecule has 3 aliphatic rings. The van der Waals surface area contributed by atoms with Crippen LogP contribution in [0, 0.1) is 5.41 Å². The van der Waals surface area contributed by atoms with Crippen LogP contribution in [0.3, 0.4) is 0 Å². The van der Waals surface area contributed by atoms with E-state index in [-0.39, 0.29) is 29.8 Å². The Bertz CT molecular complexity index is 581. The van der Waals surface area contributed by atoms with Crippen LogP contribution in [-0.4, -0.2) is 48.0 Å². The highest BCUT2D eigenvalue weighted by atomic mass is 16.7. The van der Waals surface area contributed by atoms with Gasteiger partial charge in [-0.1, -0.05) is 6.08 Å². The molecule has 0 N–H and O–H groups in total. The lowest BCUT2D eigenvalue weighted by Gasteiger charge is -2.38. The van der Waals surface area contributed by atoms with Gasteiger partial charge in [-0.2, -0.15) is 0 Å². The van der Waals surface area contributed by atoms with Gasteiger partial charge in [-0.3, -0.25) is 0 Å². The average Bonchev–Trinajstić information content (AvgIpc) is 2.97. The first-order valence-electron chi connectivity index (χ1n) is 9.88. The number of amides is 1. The Balaban J connectivity index is 1.62. The highest BCUT2D eigenvalue weighted by molar-refractivity contribution is 6.54. The maximum absolute atomic E-state index is 12.3. The molecule has 0 radical (unpaired) electrons. The topological polar surface area (TPSA) is 48.0 Å². The van der Waals surface area contributed by atoms with Crippen molar-refractivity contribution in [2.24, 2.45) is 5.41 Å². The first kappa shape index (κ1) is 19.7. The second-order valence-corrected chi connectivity index (χ2v) is 10.1. The number of piperidine rings is 1. The molecule has 146 valence electrons. The predicted octanol–water partition coefficient (Wildman–Crippen LogP) is 4.36. The van der Waals surface area contributed by atoms with Gasteiger partial charge in [0, 0.05) is 13.1 Å². The fraction of sp³-hybridized carbons (Fsp3) is 0.850. The number of likely N-dealkylation sites (tertiary alicyclic amines) is 1. The third-order valence-corrected chi connectivity index (χ3v) is 6.37. The minimum absolute atomic E-state index is 0.178. The summed E-state index contributed by atoms with van der Waals surface area (Å²) in [5.74, 6) is 0. The maximum atomic E-state index is 12.3. The van der Waals surface area contributed by atoms with Crippen molar-refractivity contribution in [3.63, 3.8) is 0 Å². The van der Waals surface area contributed by atoms with Crippen molar-refractivity contribution in [3.8, 4) is 0 Å². The van der Waals surface area contributed by atoms with E-state index in [1.807, 2.05) is 25.7 Å². The van der Waals surface area contributed by atoms with Crippen LogP contribution in [0.5, 0.6) is 0 Å². The fourth-order valence-electron chi connectivity index (χ4n) is 3.97. The molecule has 0 bridgehead atoms. The number of nitrogens with zero attached hydrogens (tertiary/aromatic N) is 1. The van der Waals surface area contributed by atoms with Crippen LogP contribution in [0.15, 0.2) is 11.5 Å². The maximum Gasteiger partial charge on any atom is 0.490 e. The number of carbonyl (C=O) groups is 1. The van der Waals surface area contributed by atoms with Gasteiger partial charge in [0.2, 0.25) is 0 Å². The number of rotatable bonds is 1. The number of hydrogen-bond donors (Lipinski definition) is 0. The molecular formula is C20H34BNO4. The molecule has 2 fully saturated rings. The molecule has 0 aromatic rings. The van der Waals surface area contributed by atoms with Crippen molar-refractivity contribution in [1.82, 2.24) is 4.90 Å². The first-order valence-corrected chi connectivity index (χ1v) is 9.88. The lowest BCUT2D eigenvalue weighted by atomic mass is 9.76. The molecule has 3 rings (SSSR count). The molecule has 5 nitrogen and oxygen atoms in total. The van der Waals surface area contributed by atoms with Gasteiger partial charge in [-0.05, 0) is 85.0 Å². The number of carbonyl (C=O) groups excluding carboxylic acids is 1. The molecule has 0 aromatic carbocycles. The van der Waals surface area contributed by atoms with E-state index in [0.717, 1.165) is 38.8 Å². The minimum atomic E-state index is -0.441. The SMILES string of the molecule is CC(C)(C)OC(=O)N1CCC2(C=C(B3OC(C)(C)C(C)(C)O3)CC2)CC1. The molecule has 26 heavy (non-hydrogen) atoms. The molecule has 2 aliphatic heterocycles. The summed E-state index contributed by atoms with van der Waals surface area (Å²) < 4.78 is 18.0. The van der Waals surface area contributed by atoms with Crippen molar-refractivity contribution in [2.45, 2.75) is 91.0 Å². The quantitative estimate of drug-likeness (QED) is 0.650. The zero-order valence-corrected chi connectivity index (χ0v) is 17.5. The molecular weight excluding hydrogens is 329 g/mol. The Hall–Kier alpha value is -1.01. The van der Waals surface area contributed by atoms with Gasteiger partial charge in [-0.25, -0.2) is 4.79 Å². The first-order chi connectivity index (χ1) is 11.8. The number of allylic oxidation sites excluding steroid dienone is 2. The van der Waals surface area contributed by atoms with Crippen LogP contribution in [0.1, 0.15) is 74.1 Å². The smallest absolute Gasteiger partial charge is 0.444 e. The van der Waals surface area contributed by atoms with E-state index in [4.69, 9.17) is 14.0 Å². The van der Waals surface area contributed by atoms with Crippen LogP contribution in [0.25, 0.3) is 0 Å². The zero-order valence-electron chi connectivity index (χ0n) is 17.5. The fourth-order valence-corrected chi connectivity index (χ4v) is 3.97. The Morgan fingerprint density at radius 3 is 2.12 bits per heavy atom. The monoisotopic (exact) mass is 363 g/mol. The van der Waals surface area contributed by atoms with Gasteiger partial charge in [0.15, 0.2) is 0 Å². The summed E-state index contributed by atoms with van der Waals surface area (Å²) in [6.45, 7) is 15.6. The summed E-state index contributed by atoms with van der Waals surface area (Å²) in [5.41, 5.74) is 0.415. The van der Waals surface area contributed by atoms with Gasteiger partial charge in [-0.15, -0.1) is 0 Å². The van der Waals surface area contributed by atoms with Crippen LogP contribution in [0.4, 0.5) is 4.79 Å². The van der Waals surface area contributed by atoms with Gasteiger partial charge in [0.25, 0.3) is 0 Å². The van der Waals surface area contributed by atoms with Crippen LogP contribution in [-0.2, 0) is 14.0 Å². The third-order valence-electron chi connectivity index (χ3n) is 6.37. The Kier molecular flexibility index (Phi) is 4.76. The molecule has 1 spiro atoms. The molecule has 1 amide bonds. The Labute approximate surface area is 158 Å². The number of ether oxygens (including phenoxy) is 1. The number of hydrogen-bond acceptors (Lipinski definition) is 4. The minimum Gasteiger partial charge on any atom is -0.444 e. The van der Waals surface area contributed by atoms with Gasteiger partial charge in [0.1, 0.15) is 5.60 Å². The summed E-state index contributed by atoms with van der Waals surface area (Å²) in [4.78, 5) is 14.1. The molecule has 2 saturated heterocycles. The van der Waals surface area contributed by atoms with Crippen molar-refractivity contribution >= 4 is 13.2 Å². The third kappa shape index (κ3) is 3.82. The standard InChI is InChI=1S/C20H34BNO4/c1-17(2,3)24-16(23)22-12-10-20(11-13-22)9-8-15(14-20)21-25-18(4,5)19(6,7)26-21/h14H,8-13H2,1-7H3. The largest absolute Gasteiger partial charge is 0.490 e. The van der Waals surface area contributed by atoms with Crippen molar-refractivity contribution in [3.05, 3.63) is 11.5 Å². The second kappa shape index (κ2) is 6.27. The van der Waals surface area contributed by atoms with Crippen LogP contribution < -0.4 is 0 Å². The van der Waals surface area contributed by atoms with Gasteiger partial charge >= 0.3 is 13.2 Å². The molecule has 1 aliphatic carbocycles. The van der Waals surface area contributed by atoms with Crippen molar-refractivity contribution in [1.29, 1.82) is 0 Å². The molecule has 6 heteroatoms. The van der Waals surface area contributed by atoms with E-state index < -0.39 is 5.60 Å². The van der Waals surface area contributed by atoms with Crippen LogP contribution in [0.2, 0.25) is 0 Å². The molecule has 0 aromatic heterocycles. The lowest BCUT2D eigenvalue weighted by Crippen LogP contribution is -2.44. The van der Waals surface area contributed by atoms with E-state index in [1.165, 1.54) is 5.47 Å². The van der Waals surface area contributed by atoms with E-state index in [9.17, 15) is 4.79 Å². The highest BCUT2D eigenvalue weighted by Gasteiger charge is 2.53. The van der Waals surface area contributed by atoms with Crippen molar-refractivity contribution < 1.29 is 18.8 Å². The van der Waals surface area contributed by atoms with E-state index >= 15 is 0 Å². The molecule has 0 saturated carbocycles. The van der Waals surface area contributed by atoms with Gasteiger partial charge < -0.3 is 18.9 Å². The second-order valence-electron chi connectivity index (χ2n) is 10.1. The lowest BCUT2D eigenvalue weighted by molar-refractivity contribution is 0.00578. The summed E-state index contributed by atoms with van der Waals surface area (Å²) in [6.07, 6.45) is 6.30. The summed E-state index contributed by atoms with van der Waals surface area (Å²) in [7, 11) is -0.233.